The van der Waals surface area contributed by atoms with Crippen molar-refractivity contribution in [2.45, 2.75) is 6.54 Å². The molecule has 1 aliphatic rings. The molecule has 3 aromatic rings. The maximum Gasteiger partial charge on any atom is 0.337 e. The predicted molar refractivity (Wildman–Crippen MR) is 163 cm³/mol. The molecule has 13 nitrogen and oxygen atoms in total. The molecule has 0 radical (unpaired) electrons. The third-order valence-corrected chi connectivity index (χ3v) is 5.91. The highest BCUT2D eigenvalue weighted by molar-refractivity contribution is 7.85. The van der Waals surface area contributed by atoms with Crippen LogP contribution in [0.15, 0.2) is 66.7 Å². The van der Waals surface area contributed by atoms with Crippen molar-refractivity contribution in [2.75, 3.05) is 51.1 Å². The second kappa shape index (κ2) is 15.6. The average Bonchev–Trinajstić information content (AvgIpc) is 2.89. The number of carbonyl (C=O) groups excluding carboxylic acids is 1. The summed E-state index contributed by atoms with van der Waals surface area (Å²) in [6, 6.07) is 19.3. The molecule has 0 aliphatic carbocycles. The topological polar surface area (TPSA) is 202 Å². The SMILES string of the molecule is CN1CCN(Cc2ccc(O)c(C(=O)Nc3cc(-c4ccccc4)ccc3C(=O)O)c2)CC1.CS(=O)(=O)O.CS(=O)(=O)O. The van der Waals surface area contributed by atoms with Crippen LogP contribution in [-0.2, 0) is 26.8 Å². The van der Waals surface area contributed by atoms with Crippen LogP contribution in [-0.4, -0.2) is 104 Å². The van der Waals surface area contributed by atoms with Gasteiger partial charge < -0.3 is 20.4 Å². The minimum absolute atomic E-state index is 0.0175. The number of carbonyl (C=O) groups is 2. The van der Waals surface area contributed by atoms with Gasteiger partial charge in [0, 0.05) is 32.7 Å². The smallest absolute Gasteiger partial charge is 0.337 e. The summed E-state index contributed by atoms with van der Waals surface area (Å²) in [5.74, 6) is -1.84. The number of carboxylic acids is 1. The zero-order valence-corrected chi connectivity index (χ0v) is 25.5. The molecular weight excluding hydrogens is 602 g/mol. The molecule has 0 spiro atoms. The molecule has 1 amide bonds. The summed E-state index contributed by atoms with van der Waals surface area (Å²) in [6.45, 7) is 4.53. The van der Waals surface area contributed by atoms with Crippen molar-refractivity contribution in [3.63, 3.8) is 0 Å². The van der Waals surface area contributed by atoms with E-state index in [4.69, 9.17) is 9.11 Å². The highest BCUT2D eigenvalue weighted by Gasteiger charge is 2.19. The van der Waals surface area contributed by atoms with Crippen molar-refractivity contribution < 1.29 is 45.7 Å². The van der Waals surface area contributed by atoms with Gasteiger partial charge in [0.15, 0.2) is 0 Å². The average molecular weight is 638 g/mol. The number of carboxylic acid groups (broad SMARTS) is 1. The van der Waals surface area contributed by atoms with Crippen molar-refractivity contribution in [1.82, 2.24) is 9.80 Å². The number of aromatic hydroxyl groups is 1. The molecule has 0 saturated carbocycles. The Labute approximate surface area is 250 Å². The zero-order chi connectivity index (χ0) is 32.4. The Morgan fingerprint density at radius 1 is 0.791 bits per heavy atom. The Morgan fingerprint density at radius 2 is 1.35 bits per heavy atom. The lowest BCUT2D eigenvalue weighted by atomic mass is 10.0. The van der Waals surface area contributed by atoms with E-state index in [1.165, 1.54) is 12.1 Å². The largest absolute Gasteiger partial charge is 0.507 e. The normalized spacial score (nSPS) is 14.0. The van der Waals surface area contributed by atoms with Gasteiger partial charge in [0.25, 0.3) is 26.1 Å². The minimum Gasteiger partial charge on any atom is -0.507 e. The number of amides is 1. The molecule has 1 fully saturated rings. The lowest BCUT2D eigenvalue weighted by molar-refractivity contribution is 0.0698. The van der Waals surface area contributed by atoms with E-state index in [0.29, 0.717) is 19.1 Å². The lowest BCUT2D eigenvalue weighted by Gasteiger charge is -2.32. The molecule has 1 heterocycles. The number of likely N-dealkylation sites (N-methyl/N-ethyl adjacent to an activating group) is 1. The van der Waals surface area contributed by atoms with Gasteiger partial charge >= 0.3 is 5.97 Å². The van der Waals surface area contributed by atoms with Crippen molar-refractivity contribution >= 4 is 37.8 Å². The maximum atomic E-state index is 13.1. The Bertz CT molecular complexity index is 1580. The van der Waals surface area contributed by atoms with E-state index in [2.05, 4.69) is 22.2 Å². The molecule has 5 N–H and O–H groups in total. The quantitative estimate of drug-likeness (QED) is 0.248. The molecule has 0 atom stereocenters. The number of phenols is 1. The molecular formula is C28H35N3O10S2. The minimum atomic E-state index is -3.67. The van der Waals surface area contributed by atoms with Crippen LogP contribution >= 0.6 is 0 Å². The Balaban J connectivity index is 0.000000559. The standard InChI is InChI=1S/C26H27N3O4.2CH4O3S/c1-28-11-13-29(14-12-28)17-18-7-10-24(30)22(15-18)25(31)27-23-16-20(8-9-21(23)26(32)33)19-5-3-2-4-6-19;2*1-5(2,3)4/h2-10,15-16,30H,11-14,17H2,1H3,(H,27,31)(H,32,33);2*1H3,(H,2,3,4). The number of hydrogen-bond acceptors (Lipinski definition) is 9. The summed E-state index contributed by atoms with van der Waals surface area (Å²) in [7, 11) is -5.24. The van der Waals surface area contributed by atoms with Crippen LogP contribution in [0.2, 0.25) is 0 Å². The van der Waals surface area contributed by atoms with E-state index in [-0.39, 0.29) is 22.6 Å². The van der Waals surface area contributed by atoms with Gasteiger partial charge in [0.2, 0.25) is 0 Å². The first kappa shape index (κ1) is 35.3. The highest BCUT2D eigenvalue weighted by atomic mass is 32.2. The van der Waals surface area contributed by atoms with Gasteiger partial charge in [-0.3, -0.25) is 18.8 Å². The highest BCUT2D eigenvalue weighted by Crippen LogP contribution is 2.28. The fraction of sp³-hybridized carbons (Fsp3) is 0.286. The number of hydrogen-bond donors (Lipinski definition) is 5. The van der Waals surface area contributed by atoms with Gasteiger partial charge in [-0.2, -0.15) is 16.8 Å². The van der Waals surface area contributed by atoms with Gasteiger partial charge in [0.1, 0.15) is 5.75 Å². The first-order valence-electron chi connectivity index (χ1n) is 12.7. The number of rotatable bonds is 6. The van der Waals surface area contributed by atoms with E-state index >= 15 is 0 Å². The summed E-state index contributed by atoms with van der Waals surface area (Å²) in [6.07, 6.45) is 1.43. The molecule has 3 aromatic carbocycles. The zero-order valence-electron chi connectivity index (χ0n) is 23.8. The third-order valence-electron chi connectivity index (χ3n) is 5.91. The van der Waals surface area contributed by atoms with Gasteiger partial charge in [-0.15, -0.1) is 0 Å². The predicted octanol–water partition coefficient (Wildman–Crippen LogP) is 2.77. The van der Waals surface area contributed by atoms with Gasteiger partial charge in [-0.25, -0.2) is 4.79 Å². The van der Waals surface area contributed by atoms with Crippen LogP contribution < -0.4 is 5.32 Å². The fourth-order valence-electron chi connectivity index (χ4n) is 3.96. The number of aromatic carboxylic acids is 1. The number of nitrogens with zero attached hydrogens (tertiary/aromatic N) is 2. The molecule has 0 bridgehead atoms. The number of anilines is 1. The van der Waals surface area contributed by atoms with Gasteiger partial charge in [-0.1, -0.05) is 42.5 Å². The van der Waals surface area contributed by atoms with Crippen molar-refractivity contribution in [3.05, 3.63) is 83.4 Å². The second-order valence-corrected chi connectivity index (χ2v) is 12.7. The fourth-order valence-corrected chi connectivity index (χ4v) is 3.96. The molecule has 0 aromatic heterocycles. The molecule has 1 saturated heterocycles. The molecule has 43 heavy (non-hydrogen) atoms. The summed E-state index contributed by atoms with van der Waals surface area (Å²) >= 11 is 0. The van der Waals surface area contributed by atoms with Crippen LogP contribution in [0.1, 0.15) is 26.3 Å². The molecule has 0 unspecified atom stereocenters. The van der Waals surface area contributed by atoms with Crippen molar-refractivity contribution in [3.8, 4) is 16.9 Å². The van der Waals surface area contributed by atoms with Gasteiger partial charge in [-0.05, 0) is 48.0 Å². The lowest BCUT2D eigenvalue weighted by Crippen LogP contribution is -2.43. The third kappa shape index (κ3) is 13.8. The number of piperazine rings is 1. The van der Waals surface area contributed by atoms with Crippen LogP contribution in [0.3, 0.4) is 0 Å². The van der Waals surface area contributed by atoms with Crippen molar-refractivity contribution in [2.24, 2.45) is 0 Å². The number of benzene rings is 3. The number of phenolic OH excluding ortho intramolecular Hbond substituents is 1. The summed E-state index contributed by atoms with van der Waals surface area (Å²) in [5.41, 5.74) is 2.88. The summed E-state index contributed by atoms with van der Waals surface area (Å²) in [4.78, 5) is 29.4. The van der Waals surface area contributed by atoms with Crippen LogP contribution in [0.25, 0.3) is 11.1 Å². The van der Waals surface area contributed by atoms with E-state index in [0.717, 1.165) is 42.9 Å². The summed E-state index contributed by atoms with van der Waals surface area (Å²) < 4.78 is 51.7. The second-order valence-electron chi connectivity index (χ2n) is 9.78. The molecule has 4 rings (SSSR count). The first-order chi connectivity index (χ1) is 19.9. The Hall–Kier alpha value is -3.86. The van der Waals surface area contributed by atoms with E-state index in [1.807, 2.05) is 36.4 Å². The van der Waals surface area contributed by atoms with Crippen molar-refractivity contribution in [1.29, 1.82) is 0 Å². The van der Waals surface area contributed by atoms with E-state index in [1.54, 1.807) is 18.2 Å². The van der Waals surface area contributed by atoms with Crippen LogP contribution in [0.4, 0.5) is 5.69 Å². The van der Waals surface area contributed by atoms with Crippen LogP contribution in [0, 0.1) is 0 Å². The Kier molecular flexibility index (Phi) is 12.8. The molecule has 234 valence electrons. The van der Waals surface area contributed by atoms with Gasteiger partial charge in [0.05, 0.1) is 29.3 Å². The van der Waals surface area contributed by atoms with E-state index < -0.39 is 32.1 Å². The summed E-state index contributed by atoms with van der Waals surface area (Å²) in [5, 5.41) is 22.6. The monoisotopic (exact) mass is 637 g/mol. The first-order valence-corrected chi connectivity index (χ1v) is 16.4. The molecule has 1 aliphatic heterocycles. The maximum absolute atomic E-state index is 13.1. The molecule has 15 heteroatoms. The van der Waals surface area contributed by atoms with Crippen LogP contribution in [0.5, 0.6) is 5.75 Å². The van der Waals surface area contributed by atoms with E-state index in [9.17, 15) is 36.6 Å². The Morgan fingerprint density at radius 3 is 1.88 bits per heavy atom. The number of nitrogens with one attached hydrogen (secondary N) is 1.